The number of carbonyl (C=O) groups excluding carboxylic acids is 1. The van der Waals surface area contributed by atoms with Gasteiger partial charge in [0.15, 0.2) is 11.6 Å². The predicted molar refractivity (Wildman–Crippen MR) is 70.7 cm³/mol. The summed E-state index contributed by atoms with van der Waals surface area (Å²) < 4.78 is 26.2. The van der Waals surface area contributed by atoms with Gasteiger partial charge in [-0.1, -0.05) is 0 Å². The summed E-state index contributed by atoms with van der Waals surface area (Å²) in [6.45, 7) is 0. The number of rotatable bonds is 2. The van der Waals surface area contributed by atoms with E-state index in [9.17, 15) is 13.6 Å². The van der Waals surface area contributed by atoms with E-state index in [-0.39, 0.29) is 5.56 Å². The van der Waals surface area contributed by atoms with E-state index in [1.165, 1.54) is 23.7 Å². The maximum absolute atomic E-state index is 13.2. The van der Waals surface area contributed by atoms with Crippen molar-refractivity contribution in [2.45, 2.75) is 0 Å². The maximum atomic E-state index is 13.2. The summed E-state index contributed by atoms with van der Waals surface area (Å²) in [5.74, 6) is -2.20. The lowest BCUT2D eigenvalue weighted by atomic mass is 10.2. The van der Waals surface area contributed by atoms with Gasteiger partial charge in [0.1, 0.15) is 5.82 Å². The topological polar surface area (TPSA) is 78.0 Å². The fraction of sp³-hybridized carbons (Fsp3) is 0. The van der Waals surface area contributed by atoms with Crippen LogP contribution in [0.1, 0.15) is 10.4 Å². The van der Waals surface area contributed by atoms with Gasteiger partial charge in [0.25, 0.3) is 5.91 Å². The molecular formula is C14H9F2N3O2. The highest BCUT2D eigenvalue weighted by Gasteiger charge is 2.11. The smallest absolute Gasteiger partial charge is 0.274 e. The minimum Gasteiger partial charge on any atom is -0.338 e. The van der Waals surface area contributed by atoms with E-state index >= 15 is 0 Å². The molecule has 0 fully saturated rings. The van der Waals surface area contributed by atoms with Gasteiger partial charge in [-0.05, 0) is 36.4 Å². The van der Waals surface area contributed by atoms with Crippen molar-refractivity contribution in [2.75, 3.05) is 0 Å². The second-order valence-electron chi connectivity index (χ2n) is 4.39. The number of hydroxylamine groups is 1. The molecule has 0 saturated carbocycles. The molecule has 5 nitrogen and oxygen atoms in total. The highest BCUT2D eigenvalue weighted by molar-refractivity contribution is 5.97. The molecule has 2 aromatic carbocycles. The lowest BCUT2D eigenvalue weighted by Crippen LogP contribution is -2.18. The summed E-state index contributed by atoms with van der Waals surface area (Å²) in [5, 5.41) is 8.60. The second-order valence-corrected chi connectivity index (χ2v) is 4.39. The highest BCUT2D eigenvalue weighted by atomic mass is 19.2. The van der Waals surface area contributed by atoms with E-state index in [2.05, 4.69) is 9.97 Å². The first kappa shape index (κ1) is 13.2. The van der Waals surface area contributed by atoms with Gasteiger partial charge in [0, 0.05) is 11.1 Å². The van der Waals surface area contributed by atoms with Crippen LogP contribution in [0.2, 0.25) is 0 Å². The van der Waals surface area contributed by atoms with Crippen molar-refractivity contribution >= 4 is 16.9 Å². The van der Waals surface area contributed by atoms with Crippen molar-refractivity contribution in [2.24, 2.45) is 0 Å². The Morgan fingerprint density at radius 3 is 2.67 bits per heavy atom. The Balaban J connectivity index is 2.08. The first-order chi connectivity index (χ1) is 10.1. The molecule has 0 unspecified atom stereocenters. The quantitative estimate of drug-likeness (QED) is 0.501. The highest BCUT2D eigenvalue weighted by Crippen LogP contribution is 2.22. The first-order valence-corrected chi connectivity index (χ1v) is 5.98. The molecule has 0 aliphatic heterocycles. The lowest BCUT2D eigenvalue weighted by Gasteiger charge is -1.97. The van der Waals surface area contributed by atoms with E-state index in [4.69, 9.17) is 5.21 Å². The Morgan fingerprint density at radius 2 is 1.95 bits per heavy atom. The van der Waals surface area contributed by atoms with Crippen LogP contribution < -0.4 is 5.48 Å². The molecule has 0 atom stereocenters. The van der Waals surface area contributed by atoms with Crippen molar-refractivity contribution in [3.63, 3.8) is 0 Å². The molecule has 1 heterocycles. The van der Waals surface area contributed by atoms with Gasteiger partial charge in [0.05, 0.1) is 11.0 Å². The predicted octanol–water partition coefficient (Wildman–Crippen LogP) is 2.63. The first-order valence-electron chi connectivity index (χ1n) is 5.98. The molecule has 0 aliphatic carbocycles. The van der Waals surface area contributed by atoms with Crippen molar-refractivity contribution in [3.05, 3.63) is 53.6 Å². The van der Waals surface area contributed by atoms with Crippen LogP contribution >= 0.6 is 0 Å². The molecule has 3 N–H and O–H groups in total. The molecule has 21 heavy (non-hydrogen) atoms. The number of nitrogens with one attached hydrogen (secondary N) is 2. The Morgan fingerprint density at radius 1 is 1.14 bits per heavy atom. The fourth-order valence-electron chi connectivity index (χ4n) is 2.00. The molecule has 1 amide bonds. The van der Waals surface area contributed by atoms with Crippen molar-refractivity contribution in [1.29, 1.82) is 0 Å². The van der Waals surface area contributed by atoms with Gasteiger partial charge >= 0.3 is 0 Å². The van der Waals surface area contributed by atoms with E-state index in [0.717, 1.165) is 12.1 Å². The van der Waals surface area contributed by atoms with E-state index in [1.807, 2.05) is 0 Å². The third-order valence-corrected chi connectivity index (χ3v) is 3.04. The number of aromatic amines is 1. The third kappa shape index (κ3) is 2.34. The number of hydrogen-bond donors (Lipinski definition) is 3. The van der Waals surface area contributed by atoms with Crippen molar-refractivity contribution in [1.82, 2.24) is 15.4 Å². The van der Waals surface area contributed by atoms with E-state index in [1.54, 1.807) is 6.07 Å². The zero-order valence-electron chi connectivity index (χ0n) is 10.5. The normalized spacial score (nSPS) is 10.8. The maximum Gasteiger partial charge on any atom is 0.274 e. The third-order valence-electron chi connectivity index (χ3n) is 3.04. The second kappa shape index (κ2) is 4.95. The van der Waals surface area contributed by atoms with Crippen LogP contribution in [-0.2, 0) is 0 Å². The largest absolute Gasteiger partial charge is 0.338 e. The number of imidazole rings is 1. The molecule has 7 heteroatoms. The van der Waals surface area contributed by atoms with E-state index in [0.29, 0.717) is 22.4 Å². The Labute approximate surface area is 117 Å². The van der Waals surface area contributed by atoms with Crippen LogP contribution in [0.4, 0.5) is 8.78 Å². The van der Waals surface area contributed by atoms with Gasteiger partial charge in [-0.2, -0.15) is 0 Å². The molecule has 0 spiro atoms. The number of H-pyrrole nitrogens is 1. The number of benzene rings is 2. The van der Waals surface area contributed by atoms with Crippen LogP contribution in [0.15, 0.2) is 36.4 Å². The summed E-state index contributed by atoms with van der Waals surface area (Å²) in [6.07, 6.45) is 0. The number of aromatic nitrogens is 2. The minimum atomic E-state index is -0.965. The van der Waals surface area contributed by atoms with Crippen molar-refractivity contribution < 1.29 is 18.8 Å². The average Bonchev–Trinajstić information content (AvgIpc) is 2.92. The van der Waals surface area contributed by atoms with Gasteiger partial charge in [-0.3, -0.25) is 10.0 Å². The Kier molecular flexibility index (Phi) is 3.11. The average molecular weight is 289 g/mol. The van der Waals surface area contributed by atoms with Gasteiger partial charge in [-0.25, -0.2) is 19.2 Å². The molecule has 106 valence electrons. The number of fused-ring (bicyclic) bond motifs is 1. The minimum absolute atomic E-state index is 0.241. The molecule has 1 aromatic heterocycles. The van der Waals surface area contributed by atoms with Crippen LogP contribution in [0.25, 0.3) is 22.4 Å². The lowest BCUT2D eigenvalue weighted by molar-refractivity contribution is 0.0706. The Bertz CT molecular complexity index is 845. The van der Waals surface area contributed by atoms with Gasteiger partial charge in [-0.15, -0.1) is 0 Å². The summed E-state index contributed by atoms with van der Waals surface area (Å²) in [4.78, 5) is 18.5. The molecule has 0 aliphatic rings. The SMILES string of the molecule is O=C(NO)c1ccc2nc(-c3ccc(F)c(F)c3)[nH]c2c1. The summed E-state index contributed by atoms with van der Waals surface area (Å²) in [5.41, 5.74) is 3.26. The van der Waals surface area contributed by atoms with Gasteiger partial charge in [0.2, 0.25) is 0 Å². The van der Waals surface area contributed by atoms with Crippen molar-refractivity contribution in [3.8, 4) is 11.4 Å². The van der Waals surface area contributed by atoms with Crippen LogP contribution in [0, 0.1) is 11.6 Å². The Hall–Kier alpha value is -2.80. The molecule has 0 saturated heterocycles. The number of halogens is 2. The standard InChI is InChI=1S/C14H9F2N3O2/c15-9-3-1-7(5-10(9)16)13-17-11-4-2-8(14(20)19-21)6-12(11)18-13/h1-6,21H,(H,17,18)(H,19,20). The van der Waals surface area contributed by atoms with Crippen LogP contribution in [0.5, 0.6) is 0 Å². The zero-order valence-corrected chi connectivity index (χ0v) is 10.5. The summed E-state index contributed by atoms with van der Waals surface area (Å²) >= 11 is 0. The summed E-state index contributed by atoms with van der Waals surface area (Å²) in [7, 11) is 0. The molecule has 3 aromatic rings. The molecule has 0 radical (unpaired) electrons. The number of carbonyl (C=O) groups is 1. The zero-order chi connectivity index (χ0) is 15.0. The number of hydrogen-bond acceptors (Lipinski definition) is 3. The van der Waals surface area contributed by atoms with E-state index < -0.39 is 17.5 Å². The fourth-order valence-corrected chi connectivity index (χ4v) is 2.00. The van der Waals surface area contributed by atoms with Gasteiger partial charge < -0.3 is 4.98 Å². The summed E-state index contributed by atoms with van der Waals surface area (Å²) in [6, 6.07) is 8.02. The molecule has 0 bridgehead atoms. The number of amides is 1. The van der Waals surface area contributed by atoms with Crippen LogP contribution in [-0.4, -0.2) is 21.1 Å². The molecular weight excluding hydrogens is 280 g/mol. The van der Waals surface area contributed by atoms with Crippen LogP contribution in [0.3, 0.4) is 0 Å². The molecule has 3 rings (SSSR count). The monoisotopic (exact) mass is 289 g/mol. The number of nitrogens with zero attached hydrogens (tertiary/aromatic N) is 1.